The predicted octanol–water partition coefficient (Wildman–Crippen LogP) is 2.95. The Morgan fingerprint density at radius 3 is 3.05 bits per heavy atom. The van der Waals surface area contributed by atoms with Crippen molar-refractivity contribution in [3.8, 4) is 22.8 Å². The van der Waals surface area contributed by atoms with E-state index in [1.165, 1.54) is 0 Å². The smallest absolute Gasteiger partial charge is 0.222 e. The van der Waals surface area contributed by atoms with Crippen molar-refractivity contribution in [3.05, 3.63) is 48.2 Å². The maximum Gasteiger partial charge on any atom is 0.222 e. The van der Waals surface area contributed by atoms with Gasteiger partial charge in [-0.25, -0.2) is 14.6 Å². The van der Waals surface area contributed by atoms with Gasteiger partial charge in [-0.15, -0.1) is 16.4 Å². The first-order chi connectivity index (χ1) is 10.8. The number of rotatable bonds is 3. The molecule has 7 heteroatoms. The Labute approximate surface area is 130 Å². The number of nitrogens with zero attached hydrogens (tertiary/aromatic N) is 5. The second-order valence-electron chi connectivity index (χ2n) is 4.61. The Morgan fingerprint density at radius 2 is 2.14 bits per heavy atom. The lowest BCUT2D eigenvalue weighted by Gasteiger charge is -2.03. The first kappa shape index (κ1) is 12.9. The van der Waals surface area contributed by atoms with Gasteiger partial charge in [0.15, 0.2) is 0 Å². The van der Waals surface area contributed by atoms with Crippen LogP contribution < -0.4 is 4.74 Å². The van der Waals surface area contributed by atoms with E-state index in [1.807, 2.05) is 42.0 Å². The van der Waals surface area contributed by atoms with E-state index >= 15 is 0 Å². The molecule has 3 heterocycles. The second kappa shape index (κ2) is 5.19. The van der Waals surface area contributed by atoms with E-state index in [4.69, 9.17) is 4.74 Å². The topological polar surface area (TPSA) is 65.7 Å². The van der Waals surface area contributed by atoms with Crippen molar-refractivity contribution >= 4 is 21.6 Å². The van der Waals surface area contributed by atoms with Crippen molar-refractivity contribution in [2.75, 3.05) is 7.11 Å². The molecule has 0 spiro atoms. The van der Waals surface area contributed by atoms with E-state index < -0.39 is 0 Å². The Bertz CT molecular complexity index is 946. The molecule has 0 fully saturated rings. The molecule has 0 saturated carbocycles. The Kier molecular flexibility index (Phi) is 3.05. The summed E-state index contributed by atoms with van der Waals surface area (Å²) in [7, 11) is 1.59. The van der Waals surface area contributed by atoms with Crippen LogP contribution >= 0.6 is 11.3 Å². The van der Waals surface area contributed by atoms with Crippen molar-refractivity contribution < 1.29 is 4.74 Å². The van der Waals surface area contributed by atoms with Gasteiger partial charge in [-0.3, -0.25) is 0 Å². The molecule has 0 radical (unpaired) electrons. The third-order valence-electron chi connectivity index (χ3n) is 3.31. The number of thiazole rings is 1. The summed E-state index contributed by atoms with van der Waals surface area (Å²) in [5.74, 6) is 0.535. The number of fused-ring (bicyclic) bond motifs is 1. The Morgan fingerprint density at radius 1 is 1.18 bits per heavy atom. The van der Waals surface area contributed by atoms with Crippen LogP contribution in [0.25, 0.3) is 27.2 Å². The molecule has 6 nitrogen and oxygen atoms in total. The first-order valence-electron chi connectivity index (χ1n) is 6.60. The van der Waals surface area contributed by atoms with Gasteiger partial charge in [0.2, 0.25) is 5.88 Å². The van der Waals surface area contributed by atoms with E-state index in [0.717, 1.165) is 21.5 Å². The van der Waals surface area contributed by atoms with Crippen molar-refractivity contribution in [3.63, 3.8) is 0 Å². The predicted molar refractivity (Wildman–Crippen MR) is 84.3 cm³/mol. The summed E-state index contributed by atoms with van der Waals surface area (Å²) in [6.45, 7) is 0. The quantitative estimate of drug-likeness (QED) is 0.582. The van der Waals surface area contributed by atoms with Crippen LogP contribution in [0.2, 0.25) is 0 Å². The number of ether oxygens (including phenoxy) is 1. The average Bonchev–Trinajstić information content (AvgIpc) is 3.23. The van der Waals surface area contributed by atoms with Crippen molar-refractivity contribution in [2.24, 2.45) is 0 Å². The lowest BCUT2D eigenvalue weighted by molar-refractivity contribution is 0.399. The SMILES string of the molecule is COc1ncccc1-c1cn(-c2ccc3ncsc3c2)nn1. The zero-order valence-corrected chi connectivity index (χ0v) is 12.5. The fourth-order valence-electron chi connectivity index (χ4n) is 2.25. The van der Waals surface area contributed by atoms with Gasteiger partial charge < -0.3 is 4.74 Å². The van der Waals surface area contributed by atoms with Gasteiger partial charge in [-0.1, -0.05) is 5.21 Å². The molecule has 0 unspecified atom stereocenters. The van der Waals surface area contributed by atoms with E-state index in [9.17, 15) is 0 Å². The molecule has 0 amide bonds. The molecular weight excluding hydrogens is 298 g/mol. The normalized spacial score (nSPS) is 11.0. The summed E-state index contributed by atoms with van der Waals surface area (Å²) in [5, 5.41) is 8.42. The van der Waals surface area contributed by atoms with Gasteiger partial charge in [-0.05, 0) is 30.3 Å². The van der Waals surface area contributed by atoms with Crippen LogP contribution in [0.5, 0.6) is 5.88 Å². The van der Waals surface area contributed by atoms with Crippen LogP contribution in [0.4, 0.5) is 0 Å². The van der Waals surface area contributed by atoms with Crippen LogP contribution in [0.3, 0.4) is 0 Å². The van der Waals surface area contributed by atoms with Gasteiger partial charge in [0, 0.05) is 6.20 Å². The van der Waals surface area contributed by atoms with Gasteiger partial charge in [0.25, 0.3) is 0 Å². The molecule has 1 aromatic carbocycles. The van der Waals surface area contributed by atoms with Gasteiger partial charge in [0.05, 0.1) is 40.3 Å². The molecule has 0 aliphatic carbocycles. The second-order valence-corrected chi connectivity index (χ2v) is 5.50. The highest BCUT2D eigenvalue weighted by atomic mass is 32.1. The average molecular weight is 309 g/mol. The zero-order valence-electron chi connectivity index (χ0n) is 11.7. The number of pyridine rings is 1. The molecule has 4 rings (SSSR count). The van der Waals surface area contributed by atoms with E-state index in [1.54, 1.807) is 29.3 Å². The van der Waals surface area contributed by atoms with Crippen LogP contribution in [0.1, 0.15) is 0 Å². The third-order valence-corrected chi connectivity index (χ3v) is 4.10. The summed E-state index contributed by atoms with van der Waals surface area (Å²) in [6.07, 6.45) is 3.55. The molecule has 0 aliphatic heterocycles. The van der Waals surface area contributed by atoms with Gasteiger partial charge >= 0.3 is 0 Å². The summed E-state index contributed by atoms with van der Waals surface area (Å²) in [5.41, 5.74) is 5.30. The minimum atomic E-state index is 0.535. The summed E-state index contributed by atoms with van der Waals surface area (Å²) < 4.78 is 8.12. The minimum Gasteiger partial charge on any atom is -0.481 e. The van der Waals surface area contributed by atoms with Crippen molar-refractivity contribution in [2.45, 2.75) is 0 Å². The number of aromatic nitrogens is 5. The zero-order chi connectivity index (χ0) is 14.9. The molecule has 108 valence electrons. The molecular formula is C15H11N5OS. The molecule has 3 aromatic heterocycles. The molecule has 4 aromatic rings. The monoisotopic (exact) mass is 309 g/mol. The lowest BCUT2D eigenvalue weighted by atomic mass is 10.2. The Balaban J connectivity index is 1.77. The molecule has 0 atom stereocenters. The maximum absolute atomic E-state index is 5.27. The number of hydrogen-bond donors (Lipinski definition) is 0. The highest BCUT2D eigenvalue weighted by molar-refractivity contribution is 7.16. The standard InChI is InChI=1S/C15H11N5OS/c1-21-15-11(3-2-6-16-15)13-8-20(19-18-13)10-4-5-12-14(7-10)22-9-17-12/h2-9H,1H3. The first-order valence-corrected chi connectivity index (χ1v) is 7.48. The molecule has 0 saturated heterocycles. The van der Waals surface area contributed by atoms with Crippen molar-refractivity contribution in [1.82, 2.24) is 25.0 Å². The minimum absolute atomic E-state index is 0.535. The number of hydrogen-bond acceptors (Lipinski definition) is 6. The molecule has 0 bridgehead atoms. The van der Waals surface area contributed by atoms with Crippen LogP contribution in [0, 0.1) is 0 Å². The molecule has 22 heavy (non-hydrogen) atoms. The third kappa shape index (κ3) is 2.11. The number of methoxy groups -OCH3 is 1. The van der Waals surface area contributed by atoms with Crippen LogP contribution in [-0.4, -0.2) is 32.1 Å². The summed E-state index contributed by atoms with van der Waals surface area (Å²) in [4.78, 5) is 8.46. The van der Waals surface area contributed by atoms with Crippen molar-refractivity contribution in [1.29, 1.82) is 0 Å². The summed E-state index contributed by atoms with van der Waals surface area (Å²) >= 11 is 1.60. The van der Waals surface area contributed by atoms with Gasteiger partial charge in [0.1, 0.15) is 5.69 Å². The fraction of sp³-hybridized carbons (Fsp3) is 0.0667. The number of benzene rings is 1. The maximum atomic E-state index is 5.27. The Hall–Kier alpha value is -2.80. The van der Waals surface area contributed by atoms with Gasteiger partial charge in [-0.2, -0.15) is 0 Å². The molecule has 0 aliphatic rings. The highest BCUT2D eigenvalue weighted by Crippen LogP contribution is 2.26. The van der Waals surface area contributed by atoms with Crippen LogP contribution in [-0.2, 0) is 0 Å². The largest absolute Gasteiger partial charge is 0.481 e. The highest BCUT2D eigenvalue weighted by Gasteiger charge is 2.11. The fourth-order valence-corrected chi connectivity index (χ4v) is 2.96. The molecule has 0 N–H and O–H groups in total. The van der Waals surface area contributed by atoms with Crippen LogP contribution in [0.15, 0.2) is 48.2 Å². The van der Waals surface area contributed by atoms with E-state index in [-0.39, 0.29) is 0 Å². The summed E-state index contributed by atoms with van der Waals surface area (Å²) in [6, 6.07) is 9.76. The lowest BCUT2D eigenvalue weighted by Crippen LogP contribution is -1.94. The van der Waals surface area contributed by atoms with E-state index in [0.29, 0.717) is 11.6 Å². The van der Waals surface area contributed by atoms with E-state index in [2.05, 4.69) is 20.3 Å².